The maximum absolute atomic E-state index is 14.2. The highest BCUT2D eigenvalue weighted by molar-refractivity contribution is 7.57. The summed E-state index contributed by atoms with van der Waals surface area (Å²) in [5.74, 6) is -0.567. The van der Waals surface area contributed by atoms with Gasteiger partial charge in [0.05, 0.1) is 4.92 Å². The van der Waals surface area contributed by atoms with Crippen LogP contribution in [-0.4, -0.2) is 34.3 Å². The van der Waals surface area contributed by atoms with Gasteiger partial charge in [0.15, 0.2) is 0 Å². The number of nitrogens with one attached hydrogen (secondary N) is 1. The predicted molar refractivity (Wildman–Crippen MR) is 124 cm³/mol. The van der Waals surface area contributed by atoms with Crippen molar-refractivity contribution < 1.29 is 14.3 Å². The topological polar surface area (TPSA) is 95.8 Å². The number of rotatable bonds is 9. The summed E-state index contributed by atoms with van der Waals surface area (Å²) in [7, 11) is -0.152. The van der Waals surface area contributed by atoms with Crippen molar-refractivity contribution in [2.24, 2.45) is 0 Å². The Labute approximate surface area is 187 Å². The van der Waals surface area contributed by atoms with Gasteiger partial charge in [-0.05, 0) is 37.4 Å². The Morgan fingerprint density at radius 1 is 0.844 bits per heavy atom. The highest BCUT2D eigenvalue weighted by Crippen LogP contribution is 2.49. The minimum atomic E-state index is -3.55. The van der Waals surface area contributed by atoms with Crippen LogP contribution in [0.1, 0.15) is 21.5 Å². The predicted octanol–water partition coefficient (Wildman–Crippen LogP) is 4.70. The van der Waals surface area contributed by atoms with E-state index >= 15 is 0 Å². The SMILES string of the molecule is CN(Cc1ccccc1)P(=O)(NC(=O)c1ccc([N+](=O)[O-])cc1)N(C)Cc1ccccc1. The fraction of sp³-hybridized carbons (Fsp3) is 0.174. The third-order valence-corrected chi connectivity index (χ3v) is 7.65. The molecule has 0 spiro atoms. The lowest BCUT2D eigenvalue weighted by Gasteiger charge is -2.35. The van der Waals surface area contributed by atoms with E-state index in [1.54, 1.807) is 23.4 Å². The number of hydrogen-bond acceptors (Lipinski definition) is 4. The van der Waals surface area contributed by atoms with Gasteiger partial charge in [0, 0.05) is 30.8 Å². The monoisotopic (exact) mass is 452 g/mol. The molecule has 0 aliphatic rings. The van der Waals surface area contributed by atoms with Crippen LogP contribution in [0, 0.1) is 10.1 Å². The van der Waals surface area contributed by atoms with Gasteiger partial charge in [-0.15, -0.1) is 0 Å². The number of non-ortho nitro benzene ring substituents is 1. The molecular weight excluding hydrogens is 427 g/mol. The zero-order valence-electron chi connectivity index (χ0n) is 17.9. The molecule has 0 saturated carbocycles. The Morgan fingerprint density at radius 2 is 1.28 bits per heavy atom. The molecule has 166 valence electrons. The van der Waals surface area contributed by atoms with Gasteiger partial charge in [0.25, 0.3) is 11.6 Å². The number of nitrogens with zero attached hydrogens (tertiary/aromatic N) is 3. The van der Waals surface area contributed by atoms with Crippen LogP contribution in [0.4, 0.5) is 5.69 Å². The quantitative estimate of drug-likeness (QED) is 0.287. The Bertz CT molecular complexity index is 1060. The lowest BCUT2D eigenvalue weighted by molar-refractivity contribution is -0.384. The van der Waals surface area contributed by atoms with Crippen LogP contribution < -0.4 is 5.09 Å². The molecule has 0 aliphatic heterocycles. The van der Waals surface area contributed by atoms with E-state index in [0.717, 1.165) is 11.1 Å². The van der Waals surface area contributed by atoms with Crippen LogP contribution in [-0.2, 0) is 17.7 Å². The second-order valence-corrected chi connectivity index (χ2v) is 10.1. The molecule has 9 heteroatoms. The van der Waals surface area contributed by atoms with Crippen LogP contribution in [0.3, 0.4) is 0 Å². The van der Waals surface area contributed by atoms with Crippen molar-refractivity contribution in [1.82, 2.24) is 14.4 Å². The minimum Gasteiger partial charge on any atom is -0.279 e. The molecule has 1 N–H and O–H groups in total. The second-order valence-electron chi connectivity index (χ2n) is 7.39. The first kappa shape index (κ1) is 23.3. The van der Waals surface area contributed by atoms with Crippen molar-refractivity contribution in [3.63, 3.8) is 0 Å². The van der Waals surface area contributed by atoms with Crippen molar-refractivity contribution in [2.45, 2.75) is 13.1 Å². The molecule has 3 rings (SSSR count). The van der Waals surface area contributed by atoms with Crippen molar-refractivity contribution in [3.05, 3.63) is 112 Å². The third kappa shape index (κ3) is 5.68. The van der Waals surface area contributed by atoms with Gasteiger partial charge in [-0.1, -0.05) is 60.7 Å². The average molecular weight is 452 g/mol. The zero-order chi connectivity index (χ0) is 23.1. The molecule has 3 aromatic carbocycles. The maximum Gasteiger partial charge on any atom is 0.311 e. The summed E-state index contributed by atoms with van der Waals surface area (Å²) in [6, 6.07) is 24.3. The average Bonchev–Trinajstić information content (AvgIpc) is 2.80. The number of nitro groups is 1. The molecule has 0 aromatic heterocycles. The maximum atomic E-state index is 14.2. The number of amides is 1. The zero-order valence-corrected chi connectivity index (χ0v) is 18.8. The minimum absolute atomic E-state index is 0.118. The molecule has 0 unspecified atom stereocenters. The lowest BCUT2D eigenvalue weighted by atomic mass is 10.2. The van der Waals surface area contributed by atoms with Crippen molar-refractivity contribution in [2.75, 3.05) is 14.1 Å². The molecule has 3 aromatic rings. The first-order valence-corrected chi connectivity index (χ1v) is 11.6. The number of benzene rings is 3. The smallest absolute Gasteiger partial charge is 0.279 e. The first-order chi connectivity index (χ1) is 15.3. The number of hydrogen-bond donors (Lipinski definition) is 1. The van der Waals surface area contributed by atoms with Gasteiger partial charge in [-0.25, -0.2) is 9.34 Å². The third-order valence-electron chi connectivity index (χ3n) is 5.02. The van der Waals surface area contributed by atoms with E-state index in [9.17, 15) is 19.5 Å². The van der Waals surface area contributed by atoms with E-state index in [2.05, 4.69) is 5.09 Å². The van der Waals surface area contributed by atoms with Gasteiger partial charge in [-0.3, -0.25) is 24.6 Å². The summed E-state index contributed by atoms with van der Waals surface area (Å²) in [4.78, 5) is 23.3. The molecule has 0 aliphatic carbocycles. The van der Waals surface area contributed by atoms with Gasteiger partial charge in [0.1, 0.15) is 0 Å². The second kappa shape index (κ2) is 10.3. The van der Waals surface area contributed by atoms with Gasteiger partial charge < -0.3 is 0 Å². The Hall–Kier alpha value is -3.32. The van der Waals surface area contributed by atoms with Crippen molar-refractivity contribution in [3.8, 4) is 0 Å². The molecule has 32 heavy (non-hydrogen) atoms. The molecule has 0 radical (unpaired) electrons. The summed E-state index contributed by atoms with van der Waals surface area (Å²) in [5, 5.41) is 13.6. The van der Waals surface area contributed by atoms with Crippen LogP contribution >= 0.6 is 7.59 Å². The lowest BCUT2D eigenvalue weighted by Crippen LogP contribution is -2.37. The van der Waals surface area contributed by atoms with Crippen LogP contribution in [0.2, 0.25) is 0 Å². The largest absolute Gasteiger partial charge is 0.311 e. The molecular formula is C23H25N4O4P. The van der Waals surface area contributed by atoms with E-state index in [4.69, 9.17) is 0 Å². The summed E-state index contributed by atoms with van der Waals surface area (Å²) < 4.78 is 17.5. The van der Waals surface area contributed by atoms with E-state index in [1.165, 1.54) is 24.3 Å². The summed E-state index contributed by atoms with van der Waals surface area (Å²) in [6.45, 7) is 0.718. The van der Waals surface area contributed by atoms with Crippen LogP contribution in [0.5, 0.6) is 0 Å². The first-order valence-electron chi connectivity index (χ1n) is 9.98. The molecule has 8 nitrogen and oxygen atoms in total. The van der Waals surface area contributed by atoms with E-state index in [1.807, 2.05) is 60.7 Å². The van der Waals surface area contributed by atoms with Gasteiger partial charge >= 0.3 is 7.59 Å². The highest BCUT2D eigenvalue weighted by atomic mass is 31.2. The Morgan fingerprint density at radius 3 is 1.69 bits per heavy atom. The number of carbonyl (C=O) groups is 1. The van der Waals surface area contributed by atoms with Crippen LogP contribution in [0.15, 0.2) is 84.9 Å². The van der Waals surface area contributed by atoms with Crippen molar-refractivity contribution in [1.29, 1.82) is 0 Å². The summed E-state index contributed by atoms with van der Waals surface area (Å²) in [5.41, 5.74) is 1.98. The normalized spacial score (nSPS) is 11.5. The number of nitro benzene ring substituents is 1. The van der Waals surface area contributed by atoms with Gasteiger partial charge in [-0.2, -0.15) is 0 Å². The van der Waals surface area contributed by atoms with Crippen molar-refractivity contribution >= 4 is 19.2 Å². The molecule has 0 saturated heterocycles. The molecule has 1 amide bonds. The standard InChI is InChI=1S/C23H25N4O4P/c1-25(17-19-9-5-3-6-10-19)32(31,26(2)18-20-11-7-4-8-12-20)24-23(28)21-13-15-22(16-14-21)27(29)30/h3-16H,17-18H2,1-2H3,(H,24,28,31). The van der Waals surface area contributed by atoms with E-state index in [0.29, 0.717) is 13.1 Å². The molecule has 0 fully saturated rings. The summed E-state index contributed by atoms with van der Waals surface area (Å²) >= 11 is 0. The van der Waals surface area contributed by atoms with Crippen LogP contribution in [0.25, 0.3) is 0 Å². The Kier molecular flexibility index (Phi) is 7.53. The molecule has 0 bridgehead atoms. The summed E-state index contributed by atoms with van der Waals surface area (Å²) in [6.07, 6.45) is 0. The fourth-order valence-corrected chi connectivity index (χ4v) is 5.22. The molecule has 0 heterocycles. The molecule has 0 atom stereocenters. The Balaban J connectivity index is 1.87. The number of carbonyl (C=O) groups excluding carboxylic acids is 1. The highest BCUT2D eigenvalue weighted by Gasteiger charge is 2.35. The van der Waals surface area contributed by atoms with E-state index in [-0.39, 0.29) is 11.3 Å². The van der Waals surface area contributed by atoms with E-state index < -0.39 is 18.4 Å². The fourth-order valence-electron chi connectivity index (χ4n) is 3.25. The van der Waals surface area contributed by atoms with Gasteiger partial charge in [0.2, 0.25) is 0 Å².